The number of halogens is 2. The molecule has 0 aliphatic heterocycles. The lowest BCUT2D eigenvalue weighted by Crippen LogP contribution is -1.99. The van der Waals surface area contributed by atoms with E-state index in [2.05, 4.69) is 43.5 Å². The molecular weight excluding hydrogens is 567 g/mol. The second kappa shape index (κ2) is 8.61. The number of hydrogen-bond acceptors (Lipinski definition) is 6. The predicted molar refractivity (Wildman–Crippen MR) is 129 cm³/mol. The first kappa shape index (κ1) is 20.6. The maximum absolute atomic E-state index is 5.68. The number of aliphatic imine (C=N–C) groups is 1. The van der Waals surface area contributed by atoms with Gasteiger partial charge in [0.1, 0.15) is 5.75 Å². The van der Waals surface area contributed by atoms with E-state index in [4.69, 9.17) is 19.2 Å². The van der Waals surface area contributed by atoms with Crippen LogP contribution in [0, 0.1) is 3.57 Å². The number of thiazole rings is 1. The Labute approximate surface area is 195 Å². The van der Waals surface area contributed by atoms with Gasteiger partial charge in [0.15, 0.2) is 11.5 Å². The van der Waals surface area contributed by atoms with Crippen LogP contribution >= 0.6 is 49.9 Å². The van der Waals surface area contributed by atoms with Gasteiger partial charge in [-0.3, -0.25) is 0 Å². The molecule has 0 atom stereocenters. The molecule has 0 fully saturated rings. The molecule has 0 unspecified atom stereocenters. The van der Waals surface area contributed by atoms with Gasteiger partial charge in [0.2, 0.25) is 5.13 Å². The fraction of sp³-hybridized carbons (Fsp3) is 0.238. The van der Waals surface area contributed by atoms with Crippen LogP contribution < -0.4 is 14.2 Å². The predicted octanol–water partition coefficient (Wildman–Crippen LogP) is 6.25. The van der Waals surface area contributed by atoms with Gasteiger partial charge in [-0.25, -0.2) is 9.98 Å². The average Bonchev–Trinajstić information content (AvgIpc) is 3.27. The monoisotopic (exact) mass is 584 g/mol. The van der Waals surface area contributed by atoms with Crippen LogP contribution in [0.3, 0.4) is 0 Å². The molecule has 0 saturated heterocycles. The van der Waals surface area contributed by atoms with Gasteiger partial charge in [-0.1, -0.05) is 27.3 Å². The number of fused-ring (bicyclic) bond motifs is 3. The molecule has 0 saturated carbocycles. The van der Waals surface area contributed by atoms with Crippen molar-refractivity contribution >= 4 is 61.2 Å². The maximum Gasteiger partial charge on any atom is 0.209 e. The molecular formula is C21H18BrIN2O3S. The Morgan fingerprint density at radius 1 is 1.24 bits per heavy atom. The van der Waals surface area contributed by atoms with Gasteiger partial charge in [0, 0.05) is 27.5 Å². The lowest BCUT2D eigenvalue weighted by molar-refractivity contribution is 0.308. The van der Waals surface area contributed by atoms with Crippen molar-refractivity contribution in [2.45, 2.75) is 13.3 Å². The standard InChI is InChI=1S/C21H18BrIN2O3S/c1-4-28-20-14(23)7-11(8-16(20)27-3)10-24-21-25-19-17(29-21)9-12-13(22)5-6-15(26-2)18(12)19/h5-8,10H,4,9H2,1-3H3. The van der Waals surface area contributed by atoms with Gasteiger partial charge in [-0.15, -0.1) is 0 Å². The zero-order chi connectivity index (χ0) is 20.5. The molecule has 0 spiro atoms. The highest BCUT2D eigenvalue weighted by Crippen LogP contribution is 2.48. The quantitative estimate of drug-likeness (QED) is 0.199. The summed E-state index contributed by atoms with van der Waals surface area (Å²) < 4.78 is 18.8. The zero-order valence-corrected chi connectivity index (χ0v) is 20.6. The second-order valence-corrected chi connectivity index (χ2v) is 9.35. The van der Waals surface area contributed by atoms with E-state index in [1.807, 2.05) is 37.4 Å². The van der Waals surface area contributed by atoms with Gasteiger partial charge in [0.25, 0.3) is 0 Å². The van der Waals surface area contributed by atoms with E-state index in [1.54, 1.807) is 25.6 Å². The molecule has 1 aliphatic rings. The molecule has 2 aromatic carbocycles. The summed E-state index contributed by atoms with van der Waals surface area (Å²) in [5.41, 5.74) is 4.19. The first-order valence-electron chi connectivity index (χ1n) is 8.95. The van der Waals surface area contributed by atoms with E-state index in [0.717, 1.165) is 47.9 Å². The van der Waals surface area contributed by atoms with Crippen LogP contribution in [0.25, 0.3) is 11.3 Å². The molecule has 150 valence electrons. The number of ether oxygens (including phenoxy) is 3. The smallest absolute Gasteiger partial charge is 0.209 e. The number of benzene rings is 2. The first-order valence-corrected chi connectivity index (χ1v) is 11.6. The average molecular weight is 585 g/mol. The summed E-state index contributed by atoms with van der Waals surface area (Å²) >= 11 is 7.50. The largest absolute Gasteiger partial charge is 0.496 e. The summed E-state index contributed by atoms with van der Waals surface area (Å²) in [4.78, 5) is 10.6. The van der Waals surface area contributed by atoms with Crippen molar-refractivity contribution < 1.29 is 14.2 Å². The highest BCUT2D eigenvalue weighted by atomic mass is 127. The van der Waals surface area contributed by atoms with E-state index in [-0.39, 0.29) is 0 Å². The zero-order valence-electron chi connectivity index (χ0n) is 16.1. The number of rotatable bonds is 6. The number of nitrogens with zero attached hydrogens (tertiary/aromatic N) is 2. The molecule has 0 radical (unpaired) electrons. The first-order chi connectivity index (χ1) is 14.0. The van der Waals surface area contributed by atoms with Crippen LogP contribution in [0.15, 0.2) is 33.7 Å². The van der Waals surface area contributed by atoms with Crippen LogP contribution in [-0.2, 0) is 6.42 Å². The van der Waals surface area contributed by atoms with Crippen molar-refractivity contribution in [3.05, 3.63) is 48.3 Å². The molecule has 3 aromatic rings. The minimum absolute atomic E-state index is 0.589. The van der Waals surface area contributed by atoms with Crippen molar-refractivity contribution in [3.8, 4) is 28.5 Å². The molecule has 0 bridgehead atoms. The minimum atomic E-state index is 0.589. The number of aromatic nitrogens is 1. The third-order valence-corrected chi connectivity index (χ3v) is 7.07. The molecule has 1 aliphatic carbocycles. The lowest BCUT2D eigenvalue weighted by atomic mass is 10.1. The molecule has 29 heavy (non-hydrogen) atoms. The van der Waals surface area contributed by atoms with Crippen LogP contribution in [0.5, 0.6) is 17.2 Å². The Balaban J connectivity index is 1.65. The Morgan fingerprint density at radius 2 is 2.03 bits per heavy atom. The van der Waals surface area contributed by atoms with Crippen LogP contribution in [0.2, 0.25) is 0 Å². The Hall–Kier alpha value is -1.65. The third-order valence-electron chi connectivity index (χ3n) is 4.56. The maximum atomic E-state index is 5.68. The lowest BCUT2D eigenvalue weighted by Gasteiger charge is -2.11. The van der Waals surface area contributed by atoms with Gasteiger partial charge in [-0.05, 0) is 64.9 Å². The van der Waals surface area contributed by atoms with Crippen molar-refractivity contribution in [2.24, 2.45) is 4.99 Å². The molecule has 5 nitrogen and oxygen atoms in total. The van der Waals surface area contributed by atoms with Crippen LogP contribution in [0.4, 0.5) is 5.13 Å². The molecule has 1 aromatic heterocycles. The fourth-order valence-corrected chi connectivity index (χ4v) is 5.48. The summed E-state index contributed by atoms with van der Waals surface area (Å²) in [5.74, 6) is 2.30. The van der Waals surface area contributed by atoms with Gasteiger partial charge in [-0.2, -0.15) is 0 Å². The molecule has 4 rings (SSSR count). The van der Waals surface area contributed by atoms with E-state index in [1.165, 1.54) is 10.4 Å². The van der Waals surface area contributed by atoms with Crippen molar-refractivity contribution in [2.75, 3.05) is 20.8 Å². The van der Waals surface area contributed by atoms with Crippen molar-refractivity contribution in [1.82, 2.24) is 4.98 Å². The second-order valence-electron chi connectivity index (χ2n) is 6.27. The topological polar surface area (TPSA) is 52.9 Å². The van der Waals surface area contributed by atoms with E-state index < -0.39 is 0 Å². The van der Waals surface area contributed by atoms with Crippen molar-refractivity contribution in [1.29, 1.82) is 0 Å². The molecule has 8 heteroatoms. The highest BCUT2D eigenvalue weighted by molar-refractivity contribution is 14.1. The minimum Gasteiger partial charge on any atom is -0.496 e. The van der Waals surface area contributed by atoms with E-state index >= 15 is 0 Å². The fourth-order valence-electron chi connectivity index (χ4n) is 3.30. The summed E-state index contributed by atoms with van der Waals surface area (Å²) in [6, 6.07) is 7.93. The summed E-state index contributed by atoms with van der Waals surface area (Å²) in [6.07, 6.45) is 2.65. The summed E-state index contributed by atoms with van der Waals surface area (Å²) in [7, 11) is 3.33. The Bertz CT molecular complexity index is 1110. The van der Waals surface area contributed by atoms with Gasteiger partial charge >= 0.3 is 0 Å². The normalized spacial score (nSPS) is 12.2. The van der Waals surface area contributed by atoms with E-state index in [9.17, 15) is 0 Å². The summed E-state index contributed by atoms with van der Waals surface area (Å²) in [6.45, 7) is 2.55. The Kier molecular flexibility index (Phi) is 6.12. The van der Waals surface area contributed by atoms with Gasteiger partial charge in [0.05, 0.1) is 30.1 Å². The number of hydrogen-bond donors (Lipinski definition) is 0. The van der Waals surface area contributed by atoms with E-state index in [0.29, 0.717) is 12.4 Å². The summed E-state index contributed by atoms with van der Waals surface area (Å²) in [5, 5.41) is 0.727. The van der Waals surface area contributed by atoms with Gasteiger partial charge < -0.3 is 14.2 Å². The van der Waals surface area contributed by atoms with Crippen LogP contribution in [-0.4, -0.2) is 32.0 Å². The van der Waals surface area contributed by atoms with Crippen LogP contribution in [0.1, 0.15) is 22.9 Å². The molecule has 0 amide bonds. The Morgan fingerprint density at radius 3 is 2.76 bits per heavy atom. The highest BCUT2D eigenvalue weighted by Gasteiger charge is 2.28. The molecule has 0 N–H and O–H groups in total. The third kappa shape index (κ3) is 3.89. The SMILES string of the molecule is CCOc1c(I)cc(C=Nc2nc3c(s2)Cc2c(Br)ccc(OC)c2-3)cc1OC. The van der Waals surface area contributed by atoms with Crippen molar-refractivity contribution in [3.63, 3.8) is 0 Å². The molecule has 1 heterocycles. The number of methoxy groups -OCH3 is 2.